The van der Waals surface area contributed by atoms with Crippen molar-refractivity contribution in [1.82, 2.24) is 5.32 Å². The lowest BCUT2D eigenvalue weighted by molar-refractivity contribution is -0.119. The molecule has 0 heterocycles. The minimum atomic E-state index is -3.93. The molecule has 0 aliphatic heterocycles. The van der Waals surface area contributed by atoms with Crippen molar-refractivity contribution in [2.24, 2.45) is 0 Å². The number of sulfonamides is 1. The van der Waals surface area contributed by atoms with Crippen LogP contribution in [0.15, 0.2) is 76.5 Å². The summed E-state index contributed by atoms with van der Waals surface area (Å²) < 4.78 is 28.2. The Labute approximate surface area is 205 Å². The first-order valence-electron chi connectivity index (χ1n) is 10.5. The second-order valence-electron chi connectivity index (χ2n) is 7.77. The summed E-state index contributed by atoms with van der Waals surface area (Å²) in [6.07, 6.45) is 0. The third-order valence-corrected chi connectivity index (χ3v) is 8.08. The predicted molar refractivity (Wildman–Crippen MR) is 137 cm³/mol. The summed E-state index contributed by atoms with van der Waals surface area (Å²) in [6.45, 7) is 5.75. The van der Waals surface area contributed by atoms with Crippen LogP contribution in [0.1, 0.15) is 16.7 Å². The Morgan fingerprint density at radius 1 is 0.939 bits per heavy atom. The van der Waals surface area contributed by atoms with Crippen LogP contribution in [0.5, 0.6) is 0 Å². The zero-order chi connectivity index (χ0) is 24.0. The average Bonchev–Trinajstić information content (AvgIpc) is 2.78. The summed E-state index contributed by atoms with van der Waals surface area (Å²) in [5.74, 6) is 0.296. The maximum absolute atomic E-state index is 13.5. The van der Waals surface area contributed by atoms with E-state index in [1.165, 1.54) is 4.31 Å². The van der Waals surface area contributed by atoms with E-state index < -0.39 is 10.0 Å². The maximum Gasteiger partial charge on any atom is 0.264 e. The quantitative estimate of drug-likeness (QED) is 0.315. The van der Waals surface area contributed by atoms with Gasteiger partial charge in [0.25, 0.3) is 10.0 Å². The number of carbonyl (C=O) groups is 1. The number of amides is 1. The number of halogens is 1. The molecule has 3 aromatic carbocycles. The fourth-order valence-corrected chi connectivity index (χ4v) is 5.57. The Bertz CT molecular complexity index is 1210. The van der Waals surface area contributed by atoms with Crippen LogP contribution in [0.4, 0.5) is 5.69 Å². The number of rotatable bonds is 9. The van der Waals surface area contributed by atoms with Gasteiger partial charge in [0.15, 0.2) is 0 Å². The molecule has 33 heavy (non-hydrogen) atoms. The molecule has 5 nitrogen and oxygen atoms in total. The molecule has 0 saturated heterocycles. The second-order valence-corrected chi connectivity index (χ2v) is 11.2. The standard InChI is InChI=1S/C25H27ClN2O3S2/c1-18-5-12-23(13-6-18)33(30,31)28(24-16-19(2)4-7-20(24)3)17-25(29)27-14-15-32-22-10-8-21(26)9-11-22/h4-13,16H,14-15,17H2,1-3H3,(H,27,29). The fraction of sp³-hybridized carbons (Fsp3) is 0.240. The molecular weight excluding hydrogens is 476 g/mol. The van der Waals surface area contributed by atoms with Crippen molar-refractivity contribution in [2.45, 2.75) is 30.6 Å². The monoisotopic (exact) mass is 502 g/mol. The number of aryl methyl sites for hydroxylation is 3. The summed E-state index contributed by atoms with van der Waals surface area (Å²) in [5, 5.41) is 3.51. The molecule has 3 rings (SSSR count). The van der Waals surface area contributed by atoms with Gasteiger partial charge in [0.2, 0.25) is 5.91 Å². The molecule has 1 amide bonds. The minimum absolute atomic E-state index is 0.153. The van der Waals surface area contributed by atoms with Crippen LogP contribution in [0.3, 0.4) is 0 Å². The Kier molecular flexibility index (Phi) is 8.46. The molecule has 0 aliphatic carbocycles. The Balaban J connectivity index is 1.75. The van der Waals surface area contributed by atoms with Crippen LogP contribution in [0.25, 0.3) is 0 Å². The molecule has 0 radical (unpaired) electrons. The van der Waals surface area contributed by atoms with Gasteiger partial charge in [-0.3, -0.25) is 9.10 Å². The Morgan fingerprint density at radius 2 is 1.58 bits per heavy atom. The SMILES string of the molecule is Cc1ccc(S(=O)(=O)N(CC(=O)NCCSc2ccc(Cl)cc2)c2cc(C)ccc2C)cc1. The number of nitrogens with one attached hydrogen (secondary N) is 1. The van der Waals surface area contributed by atoms with Gasteiger partial charge in [-0.2, -0.15) is 0 Å². The fourth-order valence-electron chi connectivity index (χ4n) is 3.20. The molecule has 3 aromatic rings. The van der Waals surface area contributed by atoms with Gasteiger partial charge in [0.1, 0.15) is 6.54 Å². The zero-order valence-corrected chi connectivity index (χ0v) is 21.2. The first kappa shape index (κ1) is 25.1. The van der Waals surface area contributed by atoms with Crippen molar-refractivity contribution in [3.8, 4) is 0 Å². The third-order valence-electron chi connectivity index (χ3n) is 5.04. The van der Waals surface area contributed by atoms with Crippen molar-refractivity contribution >= 4 is 45.0 Å². The molecule has 174 valence electrons. The molecule has 1 N–H and O–H groups in total. The van der Waals surface area contributed by atoms with Crippen LogP contribution in [-0.2, 0) is 14.8 Å². The van der Waals surface area contributed by atoms with E-state index in [2.05, 4.69) is 5.32 Å². The lowest BCUT2D eigenvalue weighted by Gasteiger charge is -2.26. The number of thioether (sulfide) groups is 1. The molecule has 0 unspecified atom stereocenters. The minimum Gasteiger partial charge on any atom is -0.354 e. The molecule has 0 fully saturated rings. The highest BCUT2D eigenvalue weighted by Gasteiger charge is 2.28. The summed E-state index contributed by atoms with van der Waals surface area (Å²) in [5.41, 5.74) is 3.16. The van der Waals surface area contributed by atoms with E-state index in [1.807, 2.05) is 57.2 Å². The van der Waals surface area contributed by atoms with Crippen LogP contribution in [-0.4, -0.2) is 33.2 Å². The molecule has 0 spiro atoms. The van der Waals surface area contributed by atoms with E-state index in [-0.39, 0.29) is 17.3 Å². The van der Waals surface area contributed by atoms with Gasteiger partial charge in [-0.15, -0.1) is 11.8 Å². The van der Waals surface area contributed by atoms with E-state index in [0.717, 1.165) is 21.6 Å². The largest absolute Gasteiger partial charge is 0.354 e. The Morgan fingerprint density at radius 3 is 2.24 bits per heavy atom. The highest BCUT2D eigenvalue weighted by Crippen LogP contribution is 2.28. The number of hydrogen-bond acceptors (Lipinski definition) is 4. The van der Waals surface area contributed by atoms with Gasteiger partial charge in [0.05, 0.1) is 10.6 Å². The molecule has 0 atom stereocenters. The average molecular weight is 503 g/mol. The smallest absolute Gasteiger partial charge is 0.264 e. The van der Waals surface area contributed by atoms with Crippen LogP contribution in [0, 0.1) is 20.8 Å². The lowest BCUT2D eigenvalue weighted by Crippen LogP contribution is -2.41. The number of benzene rings is 3. The van der Waals surface area contributed by atoms with Gasteiger partial charge in [-0.25, -0.2) is 8.42 Å². The zero-order valence-electron chi connectivity index (χ0n) is 18.8. The van der Waals surface area contributed by atoms with Gasteiger partial charge in [0, 0.05) is 22.2 Å². The summed E-state index contributed by atoms with van der Waals surface area (Å²) >= 11 is 7.49. The normalized spacial score (nSPS) is 11.3. The van der Waals surface area contributed by atoms with E-state index in [4.69, 9.17) is 11.6 Å². The van der Waals surface area contributed by atoms with Gasteiger partial charge in [-0.1, -0.05) is 41.4 Å². The number of anilines is 1. The summed E-state index contributed by atoms with van der Waals surface area (Å²) in [6, 6.07) is 19.7. The van der Waals surface area contributed by atoms with Crippen molar-refractivity contribution in [2.75, 3.05) is 23.1 Å². The number of carbonyl (C=O) groups excluding carboxylic acids is 1. The van der Waals surface area contributed by atoms with Crippen LogP contribution < -0.4 is 9.62 Å². The van der Waals surface area contributed by atoms with Gasteiger partial charge >= 0.3 is 0 Å². The first-order valence-corrected chi connectivity index (χ1v) is 13.3. The highest BCUT2D eigenvalue weighted by molar-refractivity contribution is 7.99. The topological polar surface area (TPSA) is 66.5 Å². The predicted octanol–water partition coefficient (Wildman–Crippen LogP) is 5.37. The maximum atomic E-state index is 13.5. The van der Waals surface area contributed by atoms with E-state index in [9.17, 15) is 13.2 Å². The molecule has 8 heteroatoms. The molecule has 0 bridgehead atoms. The van der Waals surface area contributed by atoms with Crippen LogP contribution >= 0.6 is 23.4 Å². The van der Waals surface area contributed by atoms with Gasteiger partial charge < -0.3 is 5.32 Å². The van der Waals surface area contributed by atoms with Crippen molar-refractivity contribution in [1.29, 1.82) is 0 Å². The molecule has 0 aliphatic rings. The van der Waals surface area contributed by atoms with E-state index in [0.29, 0.717) is 23.0 Å². The van der Waals surface area contributed by atoms with Gasteiger partial charge in [-0.05, 0) is 74.4 Å². The molecule has 0 saturated carbocycles. The first-order chi connectivity index (χ1) is 15.7. The van der Waals surface area contributed by atoms with Crippen molar-refractivity contribution in [3.05, 3.63) is 88.4 Å². The molecular formula is C25H27ClN2O3S2. The summed E-state index contributed by atoms with van der Waals surface area (Å²) in [7, 11) is -3.93. The third kappa shape index (κ3) is 6.76. The lowest BCUT2D eigenvalue weighted by atomic mass is 10.1. The summed E-state index contributed by atoms with van der Waals surface area (Å²) in [4.78, 5) is 14.0. The van der Waals surface area contributed by atoms with Crippen molar-refractivity contribution < 1.29 is 13.2 Å². The van der Waals surface area contributed by atoms with E-state index >= 15 is 0 Å². The number of hydrogen-bond donors (Lipinski definition) is 1. The Hall–Kier alpha value is -2.48. The second kappa shape index (κ2) is 11.1. The highest BCUT2D eigenvalue weighted by atomic mass is 35.5. The van der Waals surface area contributed by atoms with Crippen molar-refractivity contribution in [3.63, 3.8) is 0 Å². The van der Waals surface area contributed by atoms with E-state index in [1.54, 1.807) is 42.1 Å². The van der Waals surface area contributed by atoms with Crippen LogP contribution in [0.2, 0.25) is 5.02 Å². The number of nitrogens with zero attached hydrogens (tertiary/aromatic N) is 1. The molecule has 0 aromatic heterocycles.